The summed E-state index contributed by atoms with van der Waals surface area (Å²) in [5.41, 5.74) is 4.54. The Morgan fingerprint density at radius 2 is 2.08 bits per heavy atom. The van der Waals surface area contributed by atoms with E-state index in [2.05, 4.69) is 34.2 Å². The number of nitrogens with zero attached hydrogens (tertiary/aromatic N) is 2. The highest BCUT2D eigenvalue weighted by molar-refractivity contribution is 5.95. The lowest BCUT2D eigenvalue weighted by molar-refractivity contribution is 0.173. The van der Waals surface area contributed by atoms with Gasteiger partial charge in [-0.2, -0.15) is 5.10 Å². The predicted octanol–water partition coefficient (Wildman–Crippen LogP) is 3.37. The lowest BCUT2D eigenvalue weighted by Crippen LogP contribution is -2.24. The normalized spacial score (nSPS) is 17.8. The average Bonchev–Trinajstić information content (AvgIpc) is 3.28. The van der Waals surface area contributed by atoms with Crippen LogP contribution in [-0.4, -0.2) is 52.5 Å². The summed E-state index contributed by atoms with van der Waals surface area (Å²) in [5, 5.41) is 17.9. The standard InChI is InChI=1S/C21H25N3O2/c1-15-17(18-6-2-7-20-19(18)13-22-23-20)5-3-8-21(15)26-12-4-10-24-11-9-16(25)14-24/h2-3,5-8,13,16,25H,4,9-12,14H2,1H3,(H,22,23)/t16-/m1/s1. The zero-order chi connectivity index (χ0) is 17.9. The summed E-state index contributed by atoms with van der Waals surface area (Å²) in [5.74, 6) is 0.935. The van der Waals surface area contributed by atoms with Crippen LogP contribution in [0.4, 0.5) is 0 Å². The molecule has 1 aliphatic rings. The molecule has 0 bridgehead atoms. The first-order chi connectivity index (χ1) is 12.7. The van der Waals surface area contributed by atoms with E-state index in [1.165, 1.54) is 11.1 Å². The molecule has 26 heavy (non-hydrogen) atoms. The third-order valence-corrected chi connectivity index (χ3v) is 5.18. The average molecular weight is 351 g/mol. The Labute approximate surface area is 153 Å². The highest BCUT2D eigenvalue weighted by Crippen LogP contribution is 2.34. The van der Waals surface area contributed by atoms with Gasteiger partial charge in [0, 0.05) is 25.0 Å². The number of aromatic amines is 1. The van der Waals surface area contributed by atoms with Gasteiger partial charge in [0.2, 0.25) is 0 Å². The highest BCUT2D eigenvalue weighted by Gasteiger charge is 2.19. The van der Waals surface area contributed by atoms with Crippen molar-refractivity contribution >= 4 is 10.9 Å². The van der Waals surface area contributed by atoms with Crippen molar-refractivity contribution in [2.24, 2.45) is 0 Å². The third-order valence-electron chi connectivity index (χ3n) is 5.18. The van der Waals surface area contributed by atoms with Gasteiger partial charge in [-0.05, 0) is 48.6 Å². The smallest absolute Gasteiger partial charge is 0.122 e. The molecular weight excluding hydrogens is 326 g/mol. The molecule has 4 rings (SSSR count). The van der Waals surface area contributed by atoms with Gasteiger partial charge in [0.05, 0.1) is 24.4 Å². The van der Waals surface area contributed by atoms with E-state index in [0.29, 0.717) is 6.61 Å². The van der Waals surface area contributed by atoms with Crippen LogP contribution in [0, 0.1) is 6.92 Å². The van der Waals surface area contributed by atoms with Crippen molar-refractivity contribution in [2.75, 3.05) is 26.2 Å². The molecule has 2 N–H and O–H groups in total. The number of hydrogen-bond acceptors (Lipinski definition) is 4. The van der Waals surface area contributed by atoms with Crippen molar-refractivity contribution in [3.8, 4) is 16.9 Å². The molecule has 0 saturated carbocycles. The zero-order valence-electron chi connectivity index (χ0n) is 15.1. The van der Waals surface area contributed by atoms with Gasteiger partial charge in [0.15, 0.2) is 0 Å². The molecule has 0 aliphatic carbocycles. The number of fused-ring (bicyclic) bond motifs is 1. The molecular formula is C21H25N3O2. The largest absolute Gasteiger partial charge is 0.493 e. The number of aliphatic hydroxyl groups is 1. The number of likely N-dealkylation sites (tertiary alicyclic amines) is 1. The predicted molar refractivity (Wildman–Crippen MR) is 103 cm³/mol. The second kappa shape index (κ2) is 7.48. The van der Waals surface area contributed by atoms with Crippen molar-refractivity contribution in [2.45, 2.75) is 25.9 Å². The van der Waals surface area contributed by atoms with E-state index >= 15 is 0 Å². The Morgan fingerprint density at radius 1 is 1.23 bits per heavy atom. The van der Waals surface area contributed by atoms with E-state index in [0.717, 1.165) is 54.7 Å². The molecule has 3 aromatic rings. The van der Waals surface area contributed by atoms with E-state index in [4.69, 9.17) is 4.74 Å². The minimum atomic E-state index is -0.152. The summed E-state index contributed by atoms with van der Waals surface area (Å²) in [7, 11) is 0. The lowest BCUT2D eigenvalue weighted by atomic mass is 9.97. The summed E-state index contributed by atoms with van der Waals surface area (Å²) < 4.78 is 6.07. The van der Waals surface area contributed by atoms with Crippen LogP contribution < -0.4 is 4.74 Å². The van der Waals surface area contributed by atoms with Crippen LogP contribution in [0.1, 0.15) is 18.4 Å². The van der Waals surface area contributed by atoms with Crippen molar-refractivity contribution in [3.63, 3.8) is 0 Å². The molecule has 2 aromatic carbocycles. The van der Waals surface area contributed by atoms with Crippen LogP contribution in [0.25, 0.3) is 22.0 Å². The molecule has 136 valence electrons. The van der Waals surface area contributed by atoms with E-state index in [-0.39, 0.29) is 6.10 Å². The summed E-state index contributed by atoms with van der Waals surface area (Å²) in [6, 6.07) is 12.4. The maximum absolute atomic E-state index is 9.59. The Kier molecular flexibility index (Phi) is 4.91. The minimum absolute atomic E-state index is 0.152. The first-order valence-electron chi connectivity index (χ1n) is 9.27. The molecule has 5 nitrogen and oxygen atoms in total. The molecule has 0 spiro atoms. The molecule has 1 saturated heterocycles. The van der Waals surface area contributed by atoms with Crippen molar-refractivity contribution in [1.82, 2.24) is 15.1 Å². The summed E-state index contributed by atoms with van der Waals surface area (Å²) in [4.78, 5) is 2.30. The zero-order valence-corrected chi connectivity index (χ0v) is 15.1. The van der Waals surface area contributed by atoms with Crippen molar-refractivity contribution in [1.29, 1.82) is 0 Å². The number of rotatable bonds is 6. The van der Waals surface area contributed by atoms with Gasteiger partial charge in [-0.1, -0.05) is 24.3 Å². The van der Waals surface area contributed by atoms with Gasteiger partial charge < -0.3 is 14.7 Å². The van der Waals surface area contributed by atoms with Crippen LogP contribution in [0.3, 0.4) is 0 Å². The van der Waals surface area contributed by atoms with Crippen molar-refractivity contribution < 1.29 is 9.84 Å². The quantitative estimate of drug-likeness (QED) is 0.669. The number of benzene rings is 2. The maximum Gasteiger partial charge on any atom is 0.122 e. The minimum Gasteiger partial charge on any atom is -0.493 e. The first kappa shape index (κ1) is 17.1. The van der Waals surface area contributed by atoms with Gasteiger partial charge in [0.1, 0.15) is 5.75 Å². The monoisotopic (exact) mass is 351 g/mol. The number of β-amino-alcohol motifs (C(OH)–C–C–N with tert-alkyl or cyclic N) is 1. The van der Waals surface area contributed by atoms with Gasteiger partial charge in [-0.3, -0.25) is 5.10 Å². The number of aromatic nitrogens is 2. The summed E-state index contributed by atoms with van der Waals surface area (Å²) in [6.45, 7) is 5.56. The summed E-state index contributed by atoms with van der Waals surface area (Å²) >= 11 is 0. The molecule has 1 atom stereocenters. The number of hydrogen-bond donors (Lipinski definition) is 2. The molecule has 0 unspecified atom stereocenters. The van der Waals surface area contributed by atoms with Crippen LogP contribution in [0.2, 0.25) is 0 Å². The Hall–Kier alpha value is -2.37. The van der Waals surface area contributed by atoms with Gasteiger partial charge in [-0.15, -0.1) is 0 Å². The lowest BCUT2D eigenvalue weighted by Gasteiger charge is -2.16. The number of H-pyrrole nitrogens is 1. The van der Waals surface area contributed by atoms with Crippen molar-refractivity contribution in [3.05, 3.63) is 48.2 Å². The summed E-state index contributed by atoms with van der Waals surface area (Å²) in [6.07, 6.45) is 3.58. The van der Waals surface area contributed by atoms with E-state index in [9.17, 15) is 5.11 Å². The van der Waals surface area contributed by atoms with Crippen LogP contribution >= 0.6 is 0 Å². The second-order valence-electron chi connectivity index (χ2n) is 7.01. The number of aliphatic hydroxyl groups excluding tert-OH is 1. The Bertz CT molecular complexity index is 890. The van der Waals surface area contributed by atoms with E-state index < -0.39 is 0 Å². The number of nitrogens with one attached hydrogen (secondary N) is 1. The van der Waals surface area contributed by atoms with E-state index in [1.54, 1.807) is 0 Å². The molecule has 5 heteroatoms. The molecule has 2 heterocycles. The van der Waals surface area contributed by atoms with Crippen LogP contribution in [0.15, 0.2) is 42.6 Å². The fraction of sp³-hybridized carbons (Fsp3) is 0.381. The first-order valence-corrected chi connectivity index (χ1v) is 9.27. The van der Waals surface area contributed by atoms with E-state index in [1.807, 2.05) is 30.5 Å². The molecule has 0 radical (unpaired) electrons. The Balaban J connectivity index is 1.45. The molecule has 1 fully saturated rings. The SMILES string of the molecule is Cc1c(OCCCN2CC[C@@H](O)C2)cccc1-c1cccc2[nH]ncc12. The highest BCUT2D eigenvalue weighted by atomic mass is 16.5. The molecule has 1 aromatic heterocycles. The third kappa shape index (κ3) is 3.45. The van der Waals surface area contributed by atoms with Gasteiger partial charge in [-0.25, -0.2) is 0 Å². The fourth-order valence-corrected chi connectivity index (χ4v) is 3.75. The van der Waals surface area contributed by atoms with Crippen LogP contribution in [-0.2, 0) is 0 Å². The molecule has 1 aliphatic heterocycles. The number of ether oxygens (including phenoxy) is 1. The van der Waals surface area contributed by atoms with Gasteiger partial charge in [0.25, 0.3) is 0 Å². The Morgan fingerprint density at radius 3 is 2.92 bits per heavy atom. The maximum atomic E-state index is 9.59. The van der Waals surface area contributed by atoms with Crippen LogP contribution in [0.5, 0.6) is 5.75 Å². The second-order valence-corrected chi connectivity index (χ2v) is 7.01. The van der Waals surface area contributed by atoms with Gasteiger partial charge >= 0.3 is 0 Å². The fourth-order valence-electron chi connectivity index (χ4n) is 3.75. The topological polar surface area (TPSA) is 61.4 Å². The molecule has 0 amide bonds.